The van der Waals surface area contributed by atoms with Crippen molar-refractivity contribution in [3.8, 4) is 6.07 Å². The van der Waals surface area contributed by atoms with Gasteiger partial charge in [0, 0.05) is 0 Å². The smallest absolute Gasteiger partial charge is 0.348 e. The van der Waals surface area contributed by atoms with Crippen LogP contribution in [-0.4, -0.2) is 12.6 Å². The van der Waals surface area contributed by atoms with Crippen molar-refractivity contribution in [1.29, 1.82) is 5.26 Å². The van der Waals surface area contributed by atoms with Crippen LogP contribution in [0.25, 0.3) is 0 Å². The molecule has 0 aliphatic carbocycles. The second-order valence-corrected chi connectivity index (χ2v) is 2.74. The molecule has 13 heavy (non-hydrogen) atoms. The minimum absolute atomic E-state index is 0.156. The van der Waals surface area contributed by atoms with Crippen molar-refractivity contribution in [3.05, 3.63) is 11.1 Å². The standard InChI is InChI=1S/C10H15NO2/c1-4-6-8(3)9(7-11)10(12)13-5-2/h4-6H2,1-3H3/b9-8-. The number of ether oxygens (including phenoxy) is 1. The zero-order chi connectivity index (χ0) is 10.3. The Kier molecular flexibility index (Phi) is 5.62. The van der Waals surface area contributed by atoms with Gasteiger partial charge in [0.15, 0.2) is 0 Å². The van der Waals surface area contributed by atoms with Crippen molar-refractivity contribution in [2.75, 3.05) is 6.61 Å². The van der Waals surface area contributed by atoms with Crippen LogP contribution in [-0.2, 0) is 9.53 Å². The second kappa shape index (κ2) is 6.24. The third kappa shape index (κ3) is 3.75. The van der Waals surface area contributed by atoms with Crippen LogP contribution in [0, 0.1) is 11.3 Å². The molecular weight excluding hydrogens is 166 g/mol. The summed E-state index contributed by atoms with van der Waals surface area (Å²) >= 11 is 0. The van der Waals surface area contributed by atoms with Gasteiger partial charge in [0.2, 0.25) is 0 Å². The molecule has 0 saturated heterocycles. The summed E-state index contributed by atoms with van der Waals surface area (Å²) in [4.78, 5) is 11.2. The Bertz CT molecular complexity index is 248. The predicted molar refractivity (Wildman–Crippen MR) is 49.9 cm³/mol. The zero-order valence-electron chi connectivity index (χ0n) is 8.39. The fourth-order valence-corrected chi connectivity index (χ4v) is 1.02. The van der Waals surface area contributed by atoms with Gasteiger partial charge in [-0.15, -0.1) is 0 Å². The van der Waals surface area contributed by atoms with Gasteiger partial charge in [0.1, 0.15) is 11.6 Å². The van der Waals surface area contributed by atoms with E-state index in [0.29, 0.717) is 6.61 Å². The molecule has 0 bridgehead atoms. The third-order valence-corrected chi connectivity index (χ3v) is 1.64. The summed E-state index contributed by atoms with van der Waals surface area (Å²) in [6, 6.07) is 1.88. The lowest BCUT2D eigenvalue weighted by atomic mass is 10.1. The van der Waals surface area contributed by atoms with Gasteiger partial charge in [0.05, 0.1) is 6.61 Å². The normalized spacial score (nSPS) is 11.5. The van der Waals surface area contributed by atoms with E-state index in [1.807, 2.05) is 13.0 Å². The van der Waals surface area contributed by atoms with Crippen LogP contribution >= 0.6 is 0 Å². The number of nitriles is 1. The SMILES string of the molecule is CCC/C(C)=C(/C#N)C(=O)OCC. The summed E-state index contributed by atoms with van der Waals surface area (Å²) in [5, 5.41) is 8.71. The van der Waals surface area contributed by atoms with Gasteiger partial charge >= 0.3 is 5.97 Å². The van der Waals surface area contributed by atoms with Crippen molar-refractivity contribution in [2.45, 2.75) is 33.6 Å². The predicted octanol–water partition coefficient (Wildman–Crippen LogP) is 2.19. The highest BCUT2D eigenvalue weighted by molar-refractivity contribution is 5.93. The first kappa shape index (κ1) is 11.7. The summed E-state index contributed by atoms with van der Waals surface area (Å²) < 4.78 is 4.74. The highest BCUT2D eigenvalue weighted by atomic mass is 16.5. The molecule has 0 aromatic carbocycles. The Morgan fingerprint density at radius 2 is 2.08 bits per heavy atom. The highest BCUT2D eigenvalue weighted by Gasteiger charge is 2.12. The molecule has 3 nitrogen and oxygen atoms in total. The molecule has 0 aliphatic heterocycles. The van der Waals surface area contributed by atoms with Crippen molar-refractivity contribution >= 4 is 5.97 Å². The van der Waals surface area contributed by atoms with Crippen molar-refractivity contribution in [3.63, 3.8) is 0 Å². The quantitative estimate of drug-likeness (QED) is 0.379. The minimum atomic E-state index is -0.504. The van der Waals surface area contributed by atoms with Crippen LogP contribution in [0.3, 0.4) is 0 Å². The topological polar surface area (TPSA) is 50.1 Å². The molecule has 3 heteroatoms. The van der Waals surface area contributed by atoms with E-state index >= 15 is 0 Å². The number of hydrogen-bond donors (Lipinski definition) is 0. The molecule has 0 spiro atoms. The molecule has 0 aliphatic rings. The van der Waals surface area contributed by atoms with Gasteiger partial charge in [-0.3, -0.25) is 0 Å². The van der Waals surface area contributed by atoms with E-state index in [9.17, 15) is 4.79 Å². The van der Waals surface area contributed by atoms with Crippen LogP contribution in [0.1, 0.15) is 33.6 Å². The number of carbonyl (C=O) groups is 1. The van der Waals surface area contributed by atoms with E-state index in [1.165, 1.54) is 0 Å². The number of hydrogen-bond acceptors (Lipinski definition) is 3. The second-order valence-electron chi connectivity index (χ2n) is 2.74. The molecule has 0 saturated carbocycles. The maximum atomic E-state index is 11.2. The number of rotatable bonds is 4. The maximum absolute atomic E-state index is 11.2. The van der Waals surface area contributed by atoms with Crippen LogP contribution < -0.4 is 0 Å². The van der Waals surface area contributed by atoms with Gasteiger partial charge < -0.3 is 4.74 Å². The van der Waals surface area contributed by atoms with E-state index in [1.54, 1.807) is 13.8 Å². The highest BCUT2D eigenvalue weighted by Crippen LogP contribution is 2.11. The summed E-state index contributed by atoms with van der Waals surface area (Å²) in [6.07, 6.45) is 1.69. The molecule has 0 rings (SSSR count). The average Bonchev–Trinajstić information content (AvgIpc) is 2.06. The fraction of sp³-hybridized carbons (Fsp3) is 0.600. The molecule has 0 fully saturated rings. The lowest BCUT2D eigenvalue weighted by molar-refractivity contribution is -0.138. The molecule has 0 N–H and O–H groups in total. The zero-order valence-corrected chi connectivity index (χ0v) is 8.39. The molecule has 72 valence electrons. The van der Waals surface area contributed by atoms with Gasteiger partial charge in [-0.05, 0) is 25.8 Å². The monoisotopic (exact) mass is 181 g/mol. The van der Waals surface area contributed by atoms with E-state index in [4.69, 9.17) is 10.00 Å². The largest absolute Gasteiger partial charge is 0.462 e. The van der Waals surface area contributed by atoms with E-state index in [-0.39, 0.29) is 5.57 Å². The first-order chi connectivity index (χ1) is 6.17. The minimum Gasteiger partial charge on any atom is -0.462 e. The maximum Gasteiger partial charge on any atom is 0.348 e. The van der Waals surface area contributed by atoms with E-state index in [0.717, 1.165) is 18.4 Å². The van der Waals surface area contributed by atoms with E-state index in [2.05, 4.69) is 0 Å². The average molecular weight is 181 g/mol. The molecule has 0 radical (unpaired) electrons. The van der Waals surface area contributed by atoms with Gasteiger partial charge in [0.25, 0.3) is 0 Å². The van der Waals surface area contributed by atoms with Gasteiger partial charge in [-0.25, -0.2) is 4.79 Å². The fourth-order valence-electron chi connectivity index (χ4n) is 1.02. The first-order valence-corrected chi connectivity index (χ1v) is 4.44. The van der Waals surface area contributed by atoms with Crippen LogP contribution in [0.5, 0.6) is 0 Å². The summed E-state index contributed by atoms with van der Waals surface area (Å²) in [7, 11) is 0. The van der Waals surface area contributed by atoms with Crippen molar-refractivity contribution < 1.29 is 9.53 Å². The van der Waals surface area contributed by atoms with Crippen LogP contribution in [0.2, 0.25) is 0 Å². The Labute approximate surface area is 79.0 Å². The summed E-state index contributed by atoms with van der Waals surface area (Å²) in [5.74, 6) is -0.504. The van der Waals surface area contributed by atoms with E-state index < -0.39 is 5.97 Å². The molecule has 0 heterocycles. The van der Waals surface area contributed by atoms with Gasteiger partial charge in [-0.1, -0.05) is 13.3 Å². The number of allylic oxidation sites excluding steroid dienone is 1. The summed E-state index contributed by atoms with van der Waals surface area (Å²) in [6.45, 7) is 5.83. The van der Waals surface area contributed by atoms with Crippen molar-refractivity contribution in [1.82, 2.24) is 0 Å². The number of nitrogens with zero attached hydrogens (tertiary/aromatic N) is 1. The molecule has 0 atom stereocenters. The third-order valence-electron chi connectivity index (χ3n) is 1.64. The summed E-state index contributed by atoms with van der Waals surface area (Å²) in [5.41, 5.74) is 0.965. The molecular formula is C10H15NO2. The Hall–Kier alpha value is -1.30. The van der Waals surface area contributed by atoms with Crippen LogP contribution in [0.4, 0.5) is 0 Å². The van der Waals surface area contributed by atoms with Crippen LogP contribution in [0.15, 0.2) is 11.1 Å². The molecule has 0 amide bonds. The Morgan fingerprint density at radius 3 is 2.46 bits per heavy atom. The van der Waals surface area contributed by atoms with Gasteiger partial charge in [-0.2, -0.15) is 5.26 Å². The molecule has 0 aromatic heterocycles. The molecule has 0 aromatic rings. The lowest BCUT2D eigenvalue weighted by Crippen LogP contribution is -2.08. The van der Waals surface area contributed by atoms with Crippen molar-refractivity contribution in [2.24, 2.45) is 0 Å². The first-order valence-electron chi connectivity index (χ1n) is 4.44. The lowest BCUT2D eigenvalue weighted by Gasteiger charge is -2.03. The Balaban J connectivity index is 4.59. The Morgan fingerprint density at radius 1 is 1.46 bits per heavy atom. The number of carbonyl (C=O) groups excluding carboxylic acids is 1. The number of esters is 1. The molecule has 0 unspecified atom stereocenters.